The Morgan fingerprint density at radius 2 is 2.00 bits per heavy atom. The number of carbonyl (C=O) groups excluding carboxylic acids is 1. The summed E-state index contributed by atoms with van der Waals surface area (Å²) in [6.07, 6.45) is 6.09. The van der Waals surface area contributed by atoms with Crippen LogP contribution in [0.2, 0.25) is 0 Å². The highest BCUT2D eigenvalue weighted by molar-refractivity contribution is 5.95. The van der Waals surface area contributed by atoms with Crippen LogP contribution in [0.5, 0.6) is 0 Å². The van der Waals surface area contributed by atoms with Crippen LogP contribution in [0.25, 0.3) is 0 Å². The van der Waals surface area contributed by atoms with Crippen LogP contribution in [-0.2, 0) is 0 Å². The predicted molar refractivity (Wildman–Crippen MR) is 83.6 cm³/mol. The van der Waals surface area contributed by atoms with Crippen LogP contribution in [0.4, 0.5) is 10.1 Å². The highest BCUT2D eigenvalue weighted by Crippen LogP contribution is 2.29. The molecule has 1 aromatic rings. The Balaban J connectivity index is 1.82. The minimum absolute atomic E-state index is 0.246. The summed E-state index contributed by atoms with van der Waals surface area (Å²) >= 11 is 0. The van der Waals surface area contributed by atoms with Crippen LogP contribution in [0, 0.1) is 24.6 Å². The lowest BCUT2D eigenvalue weighted by molar-refractivity contribution is 0.0949. The Morgan fingerprint density at radius 3 is 2.62 bits per heavy atom. The highest BCUT2D eigenvalue weighted by atomic mass is 19.1. The van der Waals surface area contributed by atoms with E-state index in [1.165, 1.54) is 37.8 Å². The van der Waals surface area contributed by atoms with Crippen LogP contribution in [0.15, 0.2) is 12.1 Å². The van der Waals surface area contributed by atoms with Crippen molar-refractivity contribution in [3.63, 3.8) is 0 Å². The second kappa shape index (κ2) is 6.92. The fourth-order valence-corrected chi connectivity index (χ4v) is 2.94. The van der Waals surface area contributed by atoms with Crippen LogP contribution < -0.4 is 11.1 Å². The average molecular weight is 292 g/mol. The van der Waals surface area contributed by atoms with E-state index in [-0.39, 0.29) is 5.91 Å². The third kappa shape index (κ3) is 4.19. The summed E-state index contributed by atoms with van der Waals surface area (Å²) in [5.74, 6) is 0.877. The maximum Gasteiger partial charge on any atom is 0.251 e. The fourth-order valence-electron chi connectivity index (χ4n) is 2.94. The summed E-state index contributed by atoms with van der Waals surface area (Å²) in [5, 5.41) is 2.87. The van der Waals surface area contributed by atoms with Crippen LogP contribution in [0.3, 0.4) is 0 Å². The third-order valence-corrected chi connectivity index (χ3v) is 4.62. The lowest BCUT2D eigenvalue weighted by atomic mass is 9.81. The molecule has 3 N–H and O–H groups in total. The molecule has 1 fully saturated rings. The number of nitrogens with one attached hydrogen (secondary N) is 1. The van der Waals surface area contributed by atoms with Gasteiger partial charge in [-0.05, 0) is 37.3 Å². The van der Waals surface area contributed by atoms with Crippen molar-refractivity contribution in [2.45, 2.75) is 46.0 Å². The Morgan fingerprint density at radius 1 is 1.33 bits per heavy atom. The van der Waals surface area contributed by atoms with Gasteiger partial charge in [0.05, 0.1) is 0 Å². The lowest BCUT2D eigenvalue weighted by Gasteiger charge is -2.26. The quantitative estimate of drug-likeness (QED) is 0.832. The van der Waals surface area contributed by atoms with E-state index in [9.17, 15) is 9.18 Å². The summed E-state index contributed by atoms with van der Waals surface area (Å²) in [6, 6.07) is 2.79. The van der Waals surface area contributed by atoms with Crippen molar-refractivity contribution >= 4 is 11.6 Å². The van der Waals surface area contributed by atoms with E-state index in [1.54, 1.807) is 6.92 Å². The number of amides is 1. The van der Waals surface area contributed by atoms with Gasteiger partial charge in [-0.15, -0.1) is 0 Å². The van der Waals surface area contributed by atoms with Gasteiger partial charge in [0.1, 0.15) is 5.82 Å². The van der Waals surface area contributed by atoms with Crippen molar-refractivity contribution in [2.75, 3.05) is 12.3 Å². The molecule has 0 saturated heterocycles. The summed E-state index contributed by atoms with van der Waals surface area (Å²) in [5.41, 5.74) is 6.71. The molecular weight excluding hydrogens is 267 g/mol. The molecule has 0 radical (unpaired) electrons. The summed E-state index contributed by atoms with van der Waals surface area (Å²) < 4.78 is 13.6. The highest BCUT2D eigenvalue weighted by Gasteiger charge is 2.18. The molecule has 3 nitrogen and oxygen atoms in total. The molecule has 4 heteroatoms. The monoisotopic (exact) mass is 292 g/mol. The largest absolute Gasteiger partial charge is 0.398 e. The molecular formula is C17H25FN2O. The van der Waals surface area contributed by atoms with Gasteiger partial charge in [0, 0.05) is 23.4 Å². The molecule has 1 aromatic carbocycles. The van der Waals surface area contributed by atoms with E-state index < -0.39 is 5.82 Å². The molecule has 0 heterocycles. The maximum absolute atomic E-state index is 13.6. The van der Waals surface area contributed by atoms with Gasteiger partial charge in [-0.1, -0.05) is 32.6 Å². The van der Waals surface area contributed by atoms with Gasteiger partial charge in [0.25, 0.3) is 5.91 Å². The van der Waals surface area contributed by atoms with Gasteiger partial charge in [-0.25, -0.2) is 4.39 Å². The van der Waals surface area contributed by atoms with E-state index in [4.69, 9.17) is 5.73 Å². The van der Waals surface area contributed by atoms with Crippen molar-refractivity contribution in [2.24, 2.45) is 11.8 Å². The van der Waals surface area contributed by atoms with Crippen molar-refractivity contribution in [3.05, 3.63) is 29.1 Å². The van der Waals surface area contributed by atoms with Gasteiger partial charge in [0.15, 0.2) is 0 Å². The second-order valence-electron chi connectivity index (χ2n) is 6.34. The second-order valence-corrected chi connectivity index (χ2v) is 6.34. The number of nitrogens with two attached hydrogens (primary N) is 1. The first kappa shape index (κ1) is 15.8. The zero-order valence-corrected chi connectivity index (χ0v) is 12.9. The zero-order chi connectivity index (χ0) is 15.4. The summed E-state index contributed by atoms with van der Waals surface area (Å²) in [6.45, 7) is 4.55. The smallest absolute Gasteiger partial charge is 0.251 e. The normalized spacial score (nSPS) is 22.0. The number of anilines is 1. The fraction of sp³-hybridized carbons (Fsp3) is 0.588. The van der Waals surface area contributed by atoms with Crippen LogP contribution in [-0.4, -0.2) is 12.5 Å². The van der Waals surface area contributed by atoms with Gasteiger partial charge in [-0.2, -0.15) is 0 Å². The lowest BCUT2D eigenvalue weighted by Crippen LogP contribution is -2.27. The number of hydrogen-bond donors (Lipinski definition) is 2. The molecule has 1 saturated carbocycles. The Kier molecular flexibility index (Phi) is 5.21. The number of halogens is 1. The van der Waals surface area contributed by atoms with Crippen molar-refractivity contribution in [1.29, 1.82) is 0 Å². The molecule has 21 heavy (non-hydrogen) atoms. The first-order chi connectivity index (χ1) is 9.97. The maximum atomic E-state index is 13.6. The van der Waals surface area contributed by atoms with Gasteiger partial charge < -0.3 is 11.1 Å². The van der Waals surface area contributed by atoms with E-state index in [2.05, 4.69) is 12.2 Å². The van der Waals surface area contributed by atoms with Crippen molar-refractivity contribution < 1.29 is 9.18 Å². The molecule has 0 unspecified atom stereocenters. The molecule has 0 spiro atoms. The summed E-state index contributed by atoms with van der Waals surface area (Å²) in [4.78, 5) is 12.0. The van der Waals surface area contributed by atoms with Gasteiger partial charge >= 0.3 is 0 Å². The molecule has 0 atom stereocenters. The standard InChI is InChI=1S/C17H25FN2O/c1-11-3-5-13(6-4-11)7-8-20-17(21)14-9-15(18)12(2)16(19)10-14/h9-11,13H,3-8,19H2,1-2H3,(H,20,21). The van der Waals surface area contributed by atoms with Crippen molar-refractivity contribution in [3.8, 4) is 0 Å². The third-order valence-electron chi connectivity index (χ3n) is 4.62. The number of benzene rings is 1. The SMILES string of the molecule is Cc1c(N)cc(C(=O)NCCC2CCC(C)CC2)cc1F. The first-order valence-corrected chi connectivity index (χ1v) is 7.81. The molecule has 1 amide bonds. The van der Waals surface area contributed by atoms with Crippen LogP contribution in [0.1, 0.15) is 54.9 Å². The van der Waals surface area contributed by atoms with E-state index in [1.807, 2.05) is 0 Å². The molecule has 116 valence electrons. The molecule has 0 aromatic heterocycles. The van der Waals surface area contributed by atoms with E-state index in [0.717, 1.165) is 12.3 Å². The number of hydrogen-bond acceptors (Lipinski definition) is 2. The van der Waals surface area contributed by atoms with E-state index in [0.29, 0.717) is 29.3 Å². The van der Waals surface area contributed by atoms with Crippen LogP contribution >= 0.6 is 0 Å². The first-order valence-electron chi connectivity index (χ1n) is 7.81. The molecule has 1 aliphatic rings. The summed E-state index contributed by atoms with van der Waals surface area (Å²) in [7, 11) is 0. The predicted octanol–water partition coefficient (Wildman–Crippen LogP) is 3.66. The number of carbonyl (C=O) groups is 1. The van der Waals surface area contributed by atoms with Gasteiger partial charge in [-0.3, -0.25) is 4.79 Å². The van der Waals surface area contributed by atoms with Crippen molar-refractivity contribution in [1.82, 2.24) is 5.32 Å². The molecule has 2 rings (SSSR count). The minimum Gasteiger partial charge on any atom is -0.398 e. The topological polar surface area (TPSA) is 55.1 Å². The minimum atomic E-state index is -0.429. The Labute approximate surface area is 126 Å². The van der Waals surface area contributed by atoms with Gasteiger partial charge in [0.2, 0.25) is 0 Å². The molecule has 0 bridgehead atoms. The molecule has 1 aliphatic carbocycles. The Hall–Kier alpha value is -1.58. The van der Waals surface area contributed by atoms with E-state index >= 15 is 0 Å². The number of nitrogen functional groups attached to an aromatic ring is 1. The average Bonchev–Trinajstić information content (AvgIpc) is 2.46. The zero-order valence-electron chi connectivity index (χ0n) is 12.9. The molecule has 0 aliphatic heterocycles. The number of rotatable bonds is 4. The Bertz CT molecular complexity index is 485.